The van der Waals surface area contributed by atoms with Crippen LogP contribution in [0.2, 0.25) is 5.15 Å². The summed E-state index contributed by atoms with van der Waals surface area (Å²) in [5.74, 6) is 0.151. The second-order valence-corrected chi connectivity index (χ2v) is 10.9. The van der Waals surface area contributed by atoms with Crippen molar-refractivity contribution in [2.75, 3.05) is 30.4 Å². The van der Waals surface area contributed by atoms with Crippen LogP contribution in [0.5, 0.6) is 11.5 Å². The number of hydrogen-bond acceptors (Lipinski definition) is 8. The van der Waals surface area contributed by atoms with Gasteiger partial charge in [-0.05, 0) is 66.7 Å². The number of ether oxygens (including phenoxy) is 2. The fraction of sp³-hybridized carbons (Fsp3) is 0.143. The standard InChI is InChI=1S/C28H26ClN5O6S/c1-18(35)31-21-5-12-25(13-6-21)41(37,38)34(22-7-10-23(39-2)11-8-22)17-27(36)33-30-16-20-14-19-4-9-24(40-3)15-26(19)32-28(20)29/h4-16H,17H2,1-3H3,(H,31,35)(H,33,36). The fourth-order valence-electron chi connectivity index (χ4n) is 3.80. The van der Waals surface area contributed by atoms with Gasteiger partial charge in [0.25, 0.3) is 15.9 Å². The zero-order chi connectivity index (χ0) is 29.6. The van der Waals surface area contributed by atoms with Crippen molar-refractivity contribution in [2.24, 2.45) is 5.10 Å². The number of rotatable bonds is 10. The summed E-state index contributed by atoms with van der Waals surface area (Å²) in [4.78, 5) is 28.5. The molecule has 11 nitrogen and oxygen atoms in total. The van der Waals surface area contributed by atoms with Crippen LogP contribution in [-0.4, -0.2) is 52.2 Å². The fourth-order valence-corrected chi connectivity index (χ4v) is 5.42. The molecule has 0 aliphatic rings. The second kappa shape index (κ2) is 12.7. The van der Waals surface area contributed by atoms with E-state index in [1.807, 2.05) is 6.07 Å². The van der Waals surface area contributed by atoms with Gasteiger partial charge in [0.2, 0.25) is 5.91 Å². The van der Waals surface area contributed by atoms with E-state index in [0.717, 1.165) is 9.69 Å². The van der Waals surface area contributed by atoms with E-state index in [1.165, 1.54) is 56.6 Å². The molecule has 0 unspecified atom stereocenters. The molecule has 4 aromatic rings. The maximum Gasteiger partial charge on any atom is 0.264 e. The highest BCUT2D eigenvalue weighted by molar-refractivity contribution is 7.92. The molecule has 41 heavy (non-hydrogen) atoms. The van der Waals surface area contributed by atoms with Crippen LogP contribution in [0.3, 0.4) is 0 Å². The van der Waals surface area contributed by atoms with E-state index in [1.54, 1.807) is 37.4 Å². The van der Waals surface area contributed by atoms with Crippen LogP contribution in [0.1, 0.15) is 12.5 Å². The number of carbonyl (C=O) groups is 2. The van der Waals surface area contributed by atoms with E-state index in [2.05, 4.69) is 20.8 Å². The first kappa shape index (κ1) is 29.3. The first-order chi connectivity index (χ1) is 19.6. The molecule has 212 valence electrons. The van der Waals surface area contributed by atoms with E-state index in [4.69, 9.17) is 21.1 Å². The molecule has 0 saturated carbocycles. The summed E-state index contributed by atoms with van der Waals surface area (Å²) in [5, 5.41) is 7.48. The third kappa shape index (κ3) is 7.10. The normalized spacial score (nSPS) is 11.3. The molecule has 0 spiro atoms. The second-order valence-electron chi connectivity index (χ2n) is 8.64. The molecule has 1 aromatic heterocycles. The van der Waals surface area contributed by atoms with Crippen molar-refractivity contribution in [2.45, 2.75) is 11.8 Å². The maximum absolute atomic E-state index is 13.6. The lowest BCUT2D eigenvalue weighted by Gasteiger charge is -2.24. The number of anilines is 2. The van der Waals surface area contributed by atoms with Crippen LogP contribution in [0.15, 0.2) is 82.8 Å². The molecule has 0 fully saturated rings. The summed E-state index contributed by atoms with van der Waals surface area (Å²) in [7, 11) is -1.16. The van der Waals surface area contributed by atoms with Gasteiger partial charge in [0.1, 0.15) is 23.2 Å². The van der Waals surface area contributed by atoms with Gasteiger partial charge in [-0.25, -0.2) is 18.8 Å². The largest absolute Gasteiger partial charge is 0.497 e. The molecule has 0 radical (unpaired) electrons. The van der Waals surface area contributed by atoms with Crippen LogP contribution in [0, 0.1) is 0 Å². The number of hydrogen-bond donors (Lipinski definition) is 2. The van der Waals surface area contributed by atoms with E-state index in [-0.39, 0.29) is 21.6 Å². The van der Waals surface area contributed by atoms with Crippen molar-refractivity contribution in [3.8, 4) is 11.5 Å². The quantitative estimate of drug-likeness (QED) is 0.159. The minimum atomic E-state index is -4.20. The number of hydrazone groups is 1. The summed E-state index contributed by atoms with van der Waals surface area (Å²) in [6.45, 7) is 0.766. The maximum atomic E-state index is 13.6. The number of benzene rings is 3. The number of amides is 2. The molecule has 0 aliphatic heterocycles. The highest BCUT2D eigenvalue weighted by Gasteiger charge is 2.27. The highest BCUT2D eigenvalue weighted by Crippen LogP contribution is 2.27. The van der Waals surface area contributed by atoms with Gasteiger partial charge >= 0.3 is 0 Å². The van der Waals surface area contributed by atoms with Crippen molar-refractivity contribution in [1.82, 2.24) is 10.4 Å². The number of nitrogens with zero attached hydrogens (tertiary/aromatic N) is 3. The van der Waals surface area contributed by atoms with Gasteiger partial charge in [-0.3, -0.25) is 13.9 Å². The van der Waals surface area contributed by atoms with E-state index in [9.17, 15) is 18.0 Å². The van der Waals surface area contributed by atoms with E-state index in [0.29, 0.717) is 28.3 Å². The van der Waals surface area contributed by atoms with Gasteiger partial charge in [0.05, 0.1) is 36.5 Å². The Balaban J connectivity index is 1.56. The average molecular weight is 596 g/mol. The van der Waals surface area contributed by atoms with Crippen LogP contribution < -0.4 is 24.5 Å². The minimum absolute atomic E-state index is 0.0793. The third-order valence-corrected chi connectivity index (χ3v) is 7.90. The molecule has 1 heterocycles. The number of aromatic nitrogens is 1. The number of pyridine rings is 1. The molecule has 2 amide bonds. The zero-order valence-corrected chi connectivity index (χ0v) is 23.9. The lowest BCUT2D eigenvalue weighted by molar-refractivity contribution is -0.119. The van der Waals surface area contributed by atoms with Crippen molar-refractivity contribution in [3.05, 3.63) is 83.5 Å². The number of halogens is 1. The van der Waals surface area contributed by atoms with Crippen LogP contribution in [0.25, 0.3) is 10.9 Å². The summed E-state index contributed by atoms with van der Waals surface area (Å²) in [5.41, 5.74) is 4.08. The first-order valence-corrected chi connectivity index (χ1v) is 13.9. The number of sulfonamides is 1. The van der Waals surface area contributed by atoms with Gasteiger partial charge < -0.3 is 14.8 Å². The van der Waals surface area contributed by atoms with Gasteiger partial charge in [-0.2, -0.15) is 5.10 Å². The minimum Gasteiger partial charge on any atom is -0.497 e. The predicted molar refractivity (Wildman–Crippen MR) is 157 cm³/mol. The van der Waals surface area contributed by atoms with Crippen molar-refractivity contribution in [3.63, 3.8) is 0 Å². The van der Waals surface area contributed by atoms with Gasteiger partial charge in [-0.15, -0.1) is 0 Å². The summed E-state index contributed by atoms with van der Waals surface area (Å²) in [6, 6.07) is 18.9. The van der Waals surface area contributed by atoms with Crippen molar-refractivity contribution >= 4 is 61.9 Å². The molecule has 0 atom stereocenters. The summed E-state index contributed by atoms with van der Waals surface area (Å²) in [6.07, 6.45) is 1.32. The topological polar surface area (TPSA) is 139 Å². The number of methoxy groups -OCH3 is 2. The SMILES string of the molecule is COc1ccc(N(CC(=O)NN=Cc2cc3ccc(OC)cc3nc2Cl)S(=O)(=O)c2ccc(NC(C)=O)cc2)cc1. The van der Waals surface area contributed by atoms with Crippen molar-refractivity contribution < 1.29 is 27.5 Å². The molecule has 2 N–H and O–H groups in total. The Morgan fingerprint density at radius 3 is 2.27 bits per heavy atom. The Morgan fingerprint density at radius 2 is 1.63 bits per heavy atom. The van der Waals surface area contributed by atoms with E-state index >= 15 is 0 Å². The van der Waals surface area contributed by atoms with Crippen LogP contribution in [-0.2, 0) is 19.6 Å². The smallest absolute Gasteiger partial charge is 0.264 e. The Morgan fingerprint density at radius 1 is 0.976 bits per heavy atom. The number of fused-ring (bicyclic) bond motifs is 1. The predicted octanol–water partition coefficient (Wildman–Crippen LogP) is 4.21. The lowest BCUT2D eigenvalue weighted by Crippen LogP contribution is -2.39. The average Bonchev–Trinajstić information content (AvgIpc) is 2.96. The molecule has 3 aromatic carbocycles. The Labute approximate surface area is 241 Å². The van der Waals surface area contributed by atoms with Gasteiger partial charge in [0.15, 0.2) is 0 Å². The van der Waals surface area contributed by atoms with Crippen molar-refractivity contribution in [1.29, 1.82) is 0 Å². The molecule has 4 rings (SSSR count). The molecule has 0 saturated heterocycles. The molecule has 0 aliphatic carbocycles. The molecular formula is C28H26ClN5O6S. The van der Waals surface area contributed by atoms with Gasteiger partial charge in [0, 0.05) is 29.6 Å². The Kier molecular flexibility index (Phi) is 9.05. The molecule has 13 heteroatoms. The molecular weight excluding hydrogens is 570 g/mol. The lowest BCUT2D eigenvalue weighted by atomic mass is 10.1. The monoisotopic (exact) mass is 595 g/mol. The van der Waals surface area contributed by atoms with Crippen LogP contribution in [0.4, 0.5) is 11.4 Å². The summed E-state index contributed by atoms with van der Waals surface area (Å²) < 4.78 is 38.6. The summed E-state index contributed by atoms with van der Waals surface area (Å²) >= 11 is 6.29. The Hall–Kier alpha value is -4.68. The highest BCUT2D eigenvalue weighted by atomic mass is 35.5. The van der Waals surface area contributed by atoms with Gasteiger partial charge in [-0.1, -0.05) is 11.6 Å². The zero-order valence-electron chi connectivity index (χ0n) is 22.3. The number of carbonyl (C=O) groups excluding carboxylic acids is 2. The van der Waals surface area contributed by atoms with E-state index < -0.39 is 22.5 Å². The first-order valence-electron chi connectivity index (χ1n) is 12.1. The number of nitrogens with one attached hydrogen (secondary N) is 2. The molecule has 0 bridgehead atoms. The van der Waals surface area contributed by atoms with Crippen LogP contribution >= 0.6 is 11.6 Å². The Bertz CT molecular complexity index is 1710. The third-order valence-electron chi connectivity index (χ3n) is 5.81.